The second kappa shape index (κ2) is 3.62. The largest absolute Gasteiger partial charge is 0.394 e. The molecule has 0 amide bonds. The maximum Gasteiger partial charge on any atom is 0.246 e. The fourth-order valence-electron chi connectivity index (χ4n) is 2.07. The van der Waals surface area contributed by atoms with E-state index in [9.17, 15) is 8.78 Å². The number of hydrogen-bond donors (Lipinski definition) is 1. The van der Waals surface area contributed by atoms with Gasteiger partial charge in [0.2, 0.25) is 6.43 Å². The highest BCUT2D eigenvalue weighted by Gasteiger charge is 2.57. The van der Waals surface area contributed by atoms with Gasteiger partial charge in [-0.15, -0.1) is 0 Å². The summed E-state index contributed by atoms with van der Waals surface area (Å²) in [6.07, 6.45) is -5.08. The highest BCUT2D eigenvalue weighted by Crippen LogP contribution is 2.42. The maximum atomic E-state index is 12.7. The van der Waals surface area contributed by atoms with Crippen LogP contribution in [0.2, 0.25) is 0 Å². The summed E-state index contributed by atoms with van der Waals surface area (Å²) in [6, 6.07) is 0. The molecule has 15 heavy (non-hydrogen) atoms. The summed E-state index contributed by atoms with van der Waals surface area (Å²) in [7, 11) is 0. The summed E-state index contributed by atoms with van der Waals surface area (Å²) in [5.74, 6) is -2.02. The van der Waals surface area contributed by atoms with Gasteiger partial charge in [-0.1, -0.05) is 0 Å². The van der Waals surface area contributed by atoms with Crippen LogP contribution in [0.5, 0.6) is 0 Å². The zero-order valence-corrected chi connectivity index (χ0v) is 8.52. The van der Waals surface area contributed by atoms with Crippen molar-refractivity contribution in [3.05, 3.63) is 0 Å². The monoisotopic (exact) mass is 224 g/mol. The van der Waals surface area contributed by atoms with Crippen molar-refractivity contribution < 1.29 is 28.1 Å². The molecule has 0 aromatic rings. The van der Waals surface area contributed by atoms with E-state index in [0.29, 0.717) is 0 Å². The zero-order valence-electron chi connectivity index (χ0n) is 8.52. The third-order valence-electron chi connectivity index (χ3n) is 2.68. The summed E-state index contributed by atoms with van der Waals surface area (Å²) in [5.41, 5.74) is 0. The average Bonchev–Trinajstić information content (AvgIpc) is 2.54. The summed E-state index contributed by atoms with van der Waals surface area (Å²) < 4.78 is 41.3. The lowest BCUT2D eigenvalue weighted by Gasteiger charge is -2.24. The van der Waals surface area contributed by atoms with Gasteiger partial charge in [0.1, 0.15) is 6.10 Å². The summed E-state index contributed by atoms with van der Waals surface area (Å²) >= 11 is 0. The fraction of sp³-hybridized carbons (Fsp3) is 1.00. The first-order valence-corrected chi connectivity index (χ1v) is 4.85. The number of hydrogen-bond acceptors (Lipinski definition) is 4. The highest BCUT2D eigenvalue weighted by atomic mass is 19.3. The van der Waals surface area contributed by atoms with E-state index in [1.54, 1.807) is 13.8 Å². The van der Waals surface area contributed by atoms with Gasteiger partial charge in [0.05, 0.1) is 18.6 Å². The minimum atomic E-state index is -2.59. The fourth-order valence-corrected chi connectivity index (χ4v) is 2.07. The van der Waals surface area contributed by atoms with E-state index < -0.39 is 43.2 Å². The van der Waals surface area contributed by atoms with Crippen LogP contribution in [0.15, 0.2) is 0 Å². The van der Waals surface area contributed by atoms with Crippen molar-refractivity contribution in [1.29, 1.82) is 0 Å². The Bertz CT molecular complexity index is 246. The van der Waals surface area contributed by atoms with Crippen LogP contribution in [0.3, 0.4) is 0 Å². The molecule has 0 spiro atoms. The number of ether oxygens (including phenoxy) is 3. The van der Waals surface area contributed by atoms with E-state index in [4.69, 9.17) is 19.3 Å². The summed E-state index contributed by atoms with van der Waals surface area (Å²) in [5, 5.41) is 8.90. The molecule has 0 aromatic heterocycles. The van der Waals surface area contributed by atoms with Crippen molar-refractivity contribution in [3.63, 3.8) is 0 Å². The molecule has 0 saturated carbocycles. The molecular formula is C9H14F2O4. The van der Waals surface area contributed by atoms with Crippen molar-refractivity contribution in [3.8, 4) is 0 Å². The molecule has 0 radical (unpaired) electrons. The summed E-state index contributed by atoms with van der Waals surface area (Å²) in [4.78, 5) is 0. The van der Waals surface area contributed by atoms with Crippen LogP contribution in [0.25, 0.3) is 0 Å². The van der Waals surface area contributed by atoms with Crippen molar-refractivity contribution in [2.75, 3.05) is 6.61 Å². The van der Waals surface area contributed by atoms with Crippen molar-refractivity contribution in [2.24, 2.45) is 5.92 Å². The molecule has 2 saturated heterocycles. The van der Waals surface area contributed by atoms with E-state index in [-0.39, 0.29) is 0 Å². The van der Waals surface area contributed by atoms with Crippen LogP contribution >= 0.6 is 0 Å². The molecule has 2 aliphatic rings. The third kappa shape index (κ3) is 1.87. The molecule has 4 nitrogen and oxygen atoms in total. The van der Waals surface area contributed by atoms with Crippen molar-refractivity contribution >= 4 is 0 Å². The lowest BCUT2D eigenvalue weighted by molar-refractivity contribution is -0.218. The first-order chi connectivity index (χ1) is 6.94. The quantitative estimate of drug-likeness (QED) is 0.751. The Balaban J connectivity index is 2.14. The first-order valence-electron chi connectivity index (χ1n) is 4.85. The van der Waals surface area contributed by atoms with Gasteiger partial charge in [-0.25, -0.2) is 8.78 Å². The standard InChI is InChI=1S/C9H14F2O4/c1-9(2)14-6-5(7(10)11)4(3-12)13-8(6)15-9/h4-8,12H,3H2,1-2H3. The molecule has 4 unspecified atom stereocenters. The van der Waals surface area contributed by atoms with Gasteiger partial charge >= 0.3 is 0 Å². The predicted molar refractivity (Wildman–Crippen MR) is 45.3 cm³/mol. The van der Waals surface area contributed by atoms with Crippen LogP contribution in [0.4, 0.5) is 8.78 Å². The predicted octanol–water partition coefficient (Wildman–Crippen LogP) is 0.736. The third-order valence-corrected chi connectivity index (χ3v) is 2.68. The lowest BCUT2D eigenvalue weighted by atomic mass is 9.99. The van der Waals surface area contributed by atoms with Gasteiger partial charge in [-0.05, 0) is 13.8 Å². The van der Waals surface area contributed by atoms with Crippen LogP contribution in [-0.4, -0.2) is 42.4 Å². The zero-order chi connectivity index (χ0) is 11.2. The number of halogens is 2. The van der Waals surface area contributed by atoms with Gasteiger partial charge in [-0.2, -0.15) is 0 Å². The maximum absolute atomic E-state index is 12.7. The van der Waals surface area contributed by atoms with Crippen LogP contribution in [0.1, 0.15) is 13.8 Å². The van der Waals surface area contributed by atoms with Crippen molar-refractivity contribution in [1.82, 2.24) is 0 Å². The molecule has 6 heteroatoms. The molecule has 2 heterocycles. The lowest BCUT2D eigenvalue weighted by Crippen LogP contribution is -2.36. The van der Waals surface area contributed by atoms with Gasteiger partial charge in [0.25, 0.3) is 0 Å². The molecule has 2 fully saturated rings. The van der Waals surface area contributed by atoms with Crippen LogP contribution < -0.4 is 0 Å². The Morgan fingerprint density at radius 3 is 2.53 bits per heavy atom. The topological polar surface area (TPSA) is 47.9 Å². The molecule has 0 aromatic carbocycles. The molecule has 0 bridgehead atoms. The van der Waals surface area contributed by atoms with E-state index in [1.807, 2.05) is 0 Å². The average molecular weight is 224 g/mol. The highest BCUT2D eigenvalue weighted by molar-refractivity contribution is 4.93. The van der Waals surface area contributed by atoms with Crippen LogP contribution in [0, 0.1) is 5.92 Å². The van der Waals surface area contributed by atoms with Gasteiger partial charge in [0.15, 0.2) is 12.1 Å². The number of rotatable bonds is 2. The first kappa shape index (κ1) is 11.2. The Morgan fingerprint density at radius 1 is 1.33 bits per heavy atom. The SMILES string of the molecule is CC1(C)OC2OC(CO)C(C(F)F)C2O1. The molecular weight excluding hydrogens is 210 g/mol. The van der Waals surface area contributed by atoms with E-state index in [2.05, 4.69) is 0 Å². The Kier molecular flexibility index (Phi) is 2.70. The smallest absolute Gasteiger partial charge is 0.246 e. The minimum Gasteiger partial charge on any atom is -0.394 e. The number of aliphatic hydroxyl groups excluding tert-OH is 1. The minimum absolute atomic E-state index is 0.449. The second-order valence-electron chi connectivity index (χ2n) is 4.24. The van der Waals surface area contributed by atoms with E-state index >= 15 is 0 Å². The Hall–Kier alpha value is -0.300. The molecule has 88 valence electrons. The van der Waals surface area contributed by atoms with Gasteiger partial charge in [0, 0.05) is 0 Å². The molecule has 2 rings (SSSR count). The van der Waals surface area contributed by atoms with E-state index in [1.165, 1.54) is 0 Å². The normalized spacial score (nSPS) is 43.6. The van der Waals surface area contributed by atoms with Gasteiger partial charge < -0.3 is 19.3 Å². The summed E-state index contributed by atoms with van der Waals surface area (Å²) in [6.45, 7) is 2.84. The molecule has 0 aliphatic carbocycles. The Labute approximate surface area is 86.1 Å². The number of alkyl halides is 2. The second-order valence-corrected chi connectivity index (χ2v) is 4.24. The van der Waals surface area contributed by atoms with E-state index in [0.717, 1.165) is 0 Å². The molecule has 2 aliphatic heterocycles. The Morgan fingerprint density at radius 2 is 2.00 bits per heavy atom. The number of fused-ring (bicyclic) bond motifs is 1. The van der Waals surface area contributed by atoms with Crippen LogP contribution in [-0.2, 0) is 14.2 Å². The molecule has 4 atom stereocenters. The number of aliphatic hydroxyl groups is 1. The van der Waals surface area contributed by atoms with Gasteiger partial charge in [-0.3, -0.25) is 0 Å². The van der Waals surface area contributed by atoms with Crippen molar-refractivity contribution in [2.45, 2.75) is 44.6 Å². The molecule has 1 N–H and O–H groups in total.